The van der Waals surface area contributed by atoms with Gasteiger partial charge in [0.05, 0.1) is 32.4 Å². The van der Waals surface area contributed by atoms with Crippen LogP contribution in [0.1, 0.15) is 15.9 Å². The Morgan fingerprint density at radius 3 is 2.86 bits per heavy atom. The second-order valence-electron chi connectivity index (χ2n) is 8.46. The number of fused-ring (bicyclic) bond motifs is 3. The Morgan fingerprint density at radius 2 is 2.11 bits per heavy atom. The summed E-state index contributed by atoms with van der Waals surface area (Å²) in [6.45, 7) is 4.56. The van der Waals surface area contributed by atoms with Gasteiger partial charge in [-0.05, 0) is 24.3 Å². The van der Waals surface area contributed by atoms with Crippen molar-refractivity contribution in [2.75, 3.05) is 59.7 Å². The Morgan fingerprint density at radius 1 is 1.25 bits per heavy atom. The van der Waals surface area contributed by atoms with Gasteiger partial charge in [-0.2, -0.15) is 4.91 Å². The van der Waals surface area contributed by atoms with Crippen LogP contribution < -0.4 is 14.8 Å². The minimum absolute atomic E-state index is 0.0946. The lowest BCUT2D eigenvalue weighted by Gasteiger charge is -2.29. The summed E-state index contributed by atoms with van der Waals surface area (Å²) in [5.41, 5.74) is 1.69. The van der Waals surface area contributed by atoms with Gasteiger partial charge in [0.25, 0.3) is 5.91 Å². The number of nitrogens with one attached hydrogen (secondary N) is 1. The van der Waals surface area contributed by atoms with Gasteiger partial charge in [0.15, 0.2) is 11.5 Å². The summed E-state index contributed by atoms with van der Waals surface area (Å²) in [6.07, 6.45) is 3.10. The molecule has 1 saturated heterocycles. The zero-order valence-corrected chi connectivity index (χ0v) is 19.9. The highest BCUT2D eigenvalue weighted by Crippen LogP contribution is 2.43. The van der Waals surface area contributed by atoms with Gasteiger partial charge in [0.2, 0.25) is 5.96 Å². The number of aliphatic imine (C=N–C) groups is 2. The molecule has 1 N–H and O–H groups in total. The molecule has 4 heterocycles. The van der Waals surface area contributed by atoms with Gasteiger partial charge >= 0.3 is 0 Å². The number of carbonyl (C=O) groups excluding carboxylic acids is 1. The molecule has 0 saturated carbocycles. The van der Waals surface area contributed by atoms with Crippen LogP contribution in [0.2, 0.25) is 0 Å². The monoisotopic (exact) mass is 493 g/mol. The highest BCUT2D eigenvalue weighted by molar-refractivity contribution is 6.20. The second kappa shape index (κ2) is 10.8. The molecule has 1 amide bonds. The number of morpholine rings is 1. The summed E-state index contributed by atoms with van der Waals surface area (Å²) in [7, 11) is 1.53. The first-order chi connectivity index (χ1) is 17.7. The first-order valence-corrected chi connectivity index (χ1v) is 11.8. The third-order valence-electron chi connectivity index (χ3n) is 6.16. The van der Waals surface area contributed by atoms with Crippen LogP contribution >= 0.6 is 0 Å². The van der Waals surface area contributed by atoms with E-state index in [1.807, 2.05) is 11.0 Å². The number of guanidine groups is 1. The number of rotatable bonds is 8. The van der Waals surface area contributed by atoms with Crippen LogP contribution in [0, 0.1) is 4.91 Å². The second-order valence-corrected chi connectivity index (χ2v) is 8.46. The molecule has 5 rings (SSSR count). The molecule has 1 fully saturated rings. The Hall–Kier alpha value is -3.90. The van der Waals surface area contributed by atoms with E-state index in [9.17, 15) is 9.70 Å². The molecule has 36 heavy (non-hydrogen) atoms. The molecule has 1 aromatic heterocycles. The first-order valence-electron chi connectivity index (χ1n) is 11.8. The van der Waals surface area contributed by atoms with E-state index in [2.05, 4.69) is 25.4 Å². The first kappa shape index (κ1) is 23.8. The lowest BCUT2D eigenvalue weighted by molar-refractivity contribution is 0.0330. The van der Waals surface area contributed by atoms with Crippen molar-refractivity contribution in [3.8, 4) is 11.5 Å². The lowest BCUT2D eigenvalue weighted by atomic mass is 10.1. The van der Waals surface area contributed by atoms with E-state index in [4.69, 9.17) is 19.2 Å². The SMILES string of the molecule is COc1c(OC[C@H](CN2CCOCC2)N=O)ccc2c1N=C(NC(=O)c1cccnc1)N1CCN=C21. The maximum absolute atomic E-state index is 12.8. The topological polar surface area (TPSA) is 130 Å². The normalized spacial score (nSPS) is 17.9. The molecule has 0 spiro atoms. The molecular formula is C24H27N7O5. The number of pyridine rings is 1. The third kappa shape index (κ3) is 4.90. The van der Waals surface area contributed by atoms with Crippen LogP contribution in [0.5, 0.6) is 11.5 Å². The van der Waals surface area contributed by atoms with Gasteiger partial charge in [0.1, 0.15) is 24.2 Å². The van der Waals surface area contributed by atoms with Crippen molar-refractivity contribution in [1.29, 1.82) is 0 Å². The van der Waals surface area contributed by atoms with Gasteiger partial charge < -0.3 is 14.2 Å². The summed E-state index contributed by atoms with van der Waals surface area (Å²) < 4.78 is 17.0. The van der Waals surface area contributed by atoms with Crippen LogP contribution in [-0.2, 0) is 4.74 Å². The van der Waals surface area contributed by atoms with Gasteiger partial charge in [-0.25, -0.2) is 4.99 Å². The van der Waals surface area contributed by atoms with Crippen LogP contribution in [0.4, 0.5) is 5.69 Å². The molecular weight excluding hydrogens is 466 g/mol. The van der Waals surface area contributed by atoms with E-state index in [0.717, 1.165) is 18.7 Å². The number of nitroso groups, excluding NO2 is 1. The molecule has 0 bridgehead atoms. The fourth-order valence-electron chi connectivity index (χ4n) is 4.36. The number of carbonyl (C=O) groups is 1. The number of methoxy groups -OCH3 is 1. The molecule has 1 atom stereocenters. The molecule has 0 aliphatic carbocycles. The number of ether oxygens (including phenoxy) is 3. The van der Waals surface area contributed by atoms with E-state index < -0.39 is 6.04 Å². The van der Waals surface area contributed by atoms with E-state index in [1.165, 1.54) is 13.3 Å². The highest BCUT2D eigenvalue weighted by atomic mass is 16.5. The maximum atomic E-state index is 12.8. The smallest absolute Gasteiger partial charge is 0.259 e. The number of amidine groups is 1. The van der Waals surface area contributed by atoms with E-state index in [1.54, 1.807) is 24.4 Å². The summed E-state index contributed by atoms with van der Waals surface area (Å²) in [5, 5.41) is 6.12. The maximum Gasteiger partial charge on any atom is 0.259 e. The Kier molecular flexibility index (Phi) is 7.14. The van der Waals surface area contributed by atoms with Crippen LogP contribution in [0.3, 0.4) is 0 Å². The van der Waals surface area contributed by atoms with E-state index >= 15 is 0 Å². The molecule has 12 heteroatoms. The van der Waals surface area contributed by atoms with Crippen molar-refractivity contribution in [3.63, 3.8) is 0 Å². The van der Waals surface area contributed by atoms with Crippen molar-refractivity contribution >= 4 is 23.4 Å². The Bertz CT molecular complexity index is 1180. The van der Waals surface area contributed by atoms with Crippen molar-refractivity contribution < 1.29 is 19.0 Å². The Balaban J connectivity index is 1.38. The predicted octanol–water partition coefficient (Wildman–Crippen LogP) is 1.43. The average Bonchev–Trinajstić information content (AvgIpc) is 3.42. The number of benzene rings is 1. The van der Waals surface area contributed by atoms with Crippen molar-refractivity contribution in [2.45, 2.75) is 6.04 Å². The van der Waals surface area contributed by atoms with Crippen molar-refractivity contribution in [2.24, 2.45) is 15.2 Å². The minimum atomic E-state index is -0.545. The zero-order valence-electron chi connectivity index (χ0n) is 19.9. The Labute approximate surface area is 207 Å². The summed E-state index contributed by atoms with van der Waals surface area (Å²) >= 11 is 0. The van der Waals surface area contributed by atoms with Gasteiger partial charge in [-0.15, -0.1) is 0 Å². The van der Waals surface area contributed by atoms with Crippen molar-refractivity contribution in [1.82, 2.24) is 20.1 Å². The number of nitrogens with zero attached hydrogens (tertiary/aromatic N) is 6. The average molecular weight is 494 g/mol. The largest absolute Gasteiger partial charge is 0.491 e. The number of aromatic nitrogens is 1. The number of hydrogen-bond acceptors (Lipinski definition) is 11. The minimum Gasteiger partial charge on any atom is -0.491 e. The lowest BCUT2D eigenvalue weighted by Crippen LogP contribution is -2.47. The van der Waals surface area contributed by atoms with Gasteiger partial charge in [0, 0.05) is 44.1 Å². The standard InChI is InChI=1S/C24H27N7O5/c1-34-21-19(36-15-17(29-33)14-30-9-11-35-12-10-30)5-4-18-20(21)27-24(31-8-7-26-22(18)31)28-23(32)16-3-2-6-25-13-16/h2-6,13,17H,7-12,14-15H2,1H3,(H,27,28,32)/t17-/m0/s1. The molecule has 0 radical (unpaired) electrons. The highest BCUT2D eigenvalue weighted by Gasteiger charge is 2.33. The van der Waals surface area contributed by atoms with Crippen LogP contribution in [-0.4, -0.2) is 98.2 Å². The zero-order chi connectivity index (χ0) is 24.9. The van der Waals surface area contributed by atoms with Crippen molar-refractivity contribution in [3.05, 3.63) is 52.7 Å². The fourth-order valence-corrected chi connectivity index (χ4v) is 4.36. The molecule has 188 valence electrons. The summed E-state index contributed by atoms with van der Waals surface area (Å²) in [6, 6.07) is 6.47. The van der Waals surface area contributed by atoms with E-state index in [0.29, 0.717) is 67.4 Å². The number of hydrogen-bond donors (Lipinski definition) is 1. The molecule has 3 aliphatic rings. The molecule has 3 aliphatic heterocycles. The van der Waals surface area contributed by atoms with Gasteiger partial charge in [-0.3, -0.25) is 29.9 Å². The molecule has 0 unspecified atom stereocenters. The van der Waals surface area contributed by atoms with Gasteiger partial charge in [-0.1, -0.05) is 5.18 Å². The predicted molar refractivity (Wildman–Crippen MR) is 132 cm³/mol. The third-order valence-corrected chi connectivity index (χ3v) is 6.16. The molecule has 1 aromatic carbocycles. The summed E-state index contributed by atoms with van der Waals surface area (Å²) in [4.78, 5) is 41.6. The van der Waals surface area contributed by atoms with E-state index in [-0.39, 0.29) is 12.5 Å². The summed E-state index contributed by atoms with van der Waals surface area (Å²) in [5.74, 6) is 1.55. The quantitative estimate of drug-likeness (QED) is 0.547. The molecule has 2 aromatic rings. The fraction of sp³-hybridized carbons (Fsp3) is 0.417. The van der Waals surface area contributed by atoms with Crippen LogP contribution in [0.15, 0.2) is 51.8 Å². The molecule has 12 nitrogen and oxygen atoms in total. The number of amides is 1. The van der Waals surface area contributed by atoms with Crippen LogP contribution in [0.25, 0.3) is 0 Å².